The number of aromatic carboxylic acids is 1. The molecule has 1 N–H and O–H groups in total. The monoisotopic (exact) mass is 319 g/mol. The molecule has 0 aliphatic carbocycles. The molecule has 1 fully saturated rings. The highest BCUT2D eigenvalue weighted by Gasteiger charge is 2.26. The summed E-state index contributed by atoms with van der Waals surface area (Å²) in [5.41, 5.74) is 0. The van der Waals surface area contributed by atoms with Crippen LogP contribution in [-0.2, 0) is 0 Å². The van der Waals surface area contributed by atoms with Gasteiger partial charge in [0.25, 0.3) is 6.43 Å². The van der Waals surface area contributed by atoms with Crippen molar-refractivity contribution in [2.45, 2.75) is 45.3 Å². The minimum absolute atomic E-state index is 0.0748. The number of rotatable bonds is 5. The summed E-state index contributed by atoms with van der Waals surface area (Å²) in [4.78, 5) is 13.0. The number of carboxylic acids is 1. The van der Waals surface area contributed by atoms with E-state index in [4.69, 9.17) is 9.84 Å². The highest BCUT2D eigenvalue weighted by Crippen LogP contribution is 2.36. The van der Waals surface area contributed by atoms with E-state index in [1.54, 1.807) is 0 Å². The summed E-state index contributed by atoms with van der Waals surface area (Å²) >= 11 is 0.585. The Kier molecular flexibility index (Phi) is 5.16. The fraction of sp³-hybridized carbons (Fsp3) is 0.643. The predicted molar refractivity (Wildman–Crippen MR) is 76.6 cm³/mol. The van der Waals surface area contributed by atoms with Gasteiger partial charge in [-0.1, -0.05) is 0 Å². The molecule has 0 unspecified atom stereocenters. The van der Waals surface area contributed by atoms with Crippen LogP contribution < -0.4 is 4.74 Å². The van der Waals surface area contributed by atoms with E-state index in [1.807, 2.05) is 0 Å². The molecule has 0 atom stereocenters. The summed E-state index contributed by atoms with van der Waals surface area (Å²) < 4.78 is 31.1. The first kappa shape index (κ1) is 16.2. The Morgan fingerprint density at radius 2 is 2.05 bits per heavy atom. The fourth-order valence-corrected chi connectivity index (χ4v) is 3.21. The molecular weight excluding hydrogens is 300 g/mol. The van der Waals surface area contributed by atoms with Gasteiger partial charge in [-0.15, -0.1) is 11.3 Å². The van der Waals surface area contributed by atoms with Gasteiger partial charge in [0.1, 0.15) is 11.9 Å². The minimum Gasteiger partial charge on any atom is -0.489 e. The number of likely N-dealkylation sites (tertiary alicyclic amines) is 1. The maximum absolute atomic E-state index is 12.7. The van der Waals surface area contributed by atoms with Crippen molar-refractivity contribution in [2.24, 2.45) is 0 Å². The van der Waals surface area contributed by atoms with E-state index in [1.165, 1.54) is 0 Å². The predicted octanol–water partition coefficient (Wildman–Crippen LogP) is 3.64. The molecule has 0 bridgehead atoms. The Labute approximate surface area is 126 Å². The van der Waals surface area contributed by atoms with Gasteiger partial charge >= 0.3 is 5.97 Å². The van der Waals surface area contributed by atoms with Gasteiger partial charge in [0.2, 0.25) is 0 Å². The van der Waals surface area contributed by atoms with Crippen molar-refractivity contribution in [2.75, 3.05) is 13.1 Å². The van der Waals surface area contributed by atoms with Crippen LogP contribution in [0.3, 0.4) is 0 Å². The number of piperidine rings is 1. The SMILES string of the molecule is CC(C)N1CCC(Oc2cc(C(F)F)sc2C(=O)O)CC1. The van der Waals surface area contributed by atoms with Crippen molar-refractivity contribution >= 4 is 17.3 Å². The molecular formula is C14H19F2NO3S. The van der Waals surface area contributed by atoms with E-state index >= 15 is 0 Å². The van der Waals surface area contributed by atoms with Crippen LogP contribution in [-0.4, -0.2) is 41.2 Å². The summed E-state index contributed by atoms with van der Waals surface area (Å²) in [6.45, 7) is 5.99. The topological polar surface area (TPSA) is 49.8 Å². The highest BCUT2D eigenvalue weighted by molar-refractivity contribution is 7.14. The molecule has 7 heteroatoms. The molecule has 1 aromatic rings. The van der Waals surface area contributed by atoms with Crippen molar-refractivity contribution in [3.63, 3.8) is 0 Å². The lowest BCUT2D eigenvalue weighted by molar-refractivity contribution is 0.0674. The van der Waals surface area contributed by atoms with Crippen LogP contribution in [0.5, 0.6) is 5.75 Å². The van der Waals surface area contributed by atoms with E-state index in [-0.39, 0.29) is 21.6 Å². The summed E-state index contributed by atoms with van der Waals surface area (Å²) in [5, 5.41) is 9.08. The molecule has 1 aliphatic rings. The number of nitrogens with zero attached hydrogens (tertiary/aromatic N) is 1. The first-order valence-corrected chi connectivity index (χ1v) is 7.76. The van der Waals surface area contributed by atoms with Crippen LogP contribution >= 0.6 is 11.3 Å². The maximum atomic E-state index is 12.7. The Hall–Kier alpha value is -1.21. The zero-order chi connectivity index (χ0) is 15.6. The van der Waals surface area contributed by atoms with Gasteiger partial charge in [-0.3, -0.25) is 0 Å². The van der Waals surface area contributed by atoms with Crippen molar-refractivity contribution < 1.29 is 23.4 Å². The Bertz CT molecular complexity index is 496. The van der Waals surface area contributed by atoms with Crippen LogP contribution in [0.1, 0.15) is 47.7 Å². The van der Waals surface area contributed by atoms with Gasteiger partial charge in [-0.05, 0) is 26.7 Å². The smallest absolute Gasteiger partial charge is 0.349 e. The molecule has 1 saturated heterocycles. The van der Waals surface area contributed by atoms with Gasteiger partial charge in [0.05, 0.1) is 4.88 Å². The van der Waals surface area contributed by atoms with Gasteiger partial charge in [-0.2, -0.15) is 0 Å². The van der Waals surface area contributed by atoms with Gasteiger partial charge in [0, 0.05) is 25.2 Å². The summed E-state index contributed by atoms with van der Waals surface area (Å²) in [6, 6.07) is 1.63. The van der Waals surface area contributed by atoms with E-state index < -0.39 is 12.4 Å². The fourth-order valence-electron chi connectivity index (χ4n) is 2.43. The van der Waals surface area contributed by atoms with Crippen molar-refractivity contribution in [3.8, 4) is 5.75 Å². The third-order valence-corrected chi connectivity index (χ3v) is 4.74. The quantitative estimate of drug-likeness (QED) is 0.900. The van der Waals surface area contributed by atoms with E-state index in [0.29, 0.717) is 17.4 Å². The average molecular weight is 319 g/mol. The maximum Gasteiger partial charge on any atom is 0.349 e. The number of thiophene rings is 1. The van der Waals surface area contributed by atoms with Crippen molar-refractivity contribution in [1.29, 1.82) is 0 Å². The lowest BCUT2D eigenvalue weighted by Crippen LogP contribution is -2.41. The molecule has 1 aliphatic heterocycles. The minimum atomic E-state index is -2.67. The van der Waals surface area contributed by atoms with Gasteiger partial charge in [-0.25, -0.2) is 13.6 Å². The molecule has 118 valence electrons. The molecule has 4 nitrogen and oxygen atoms in total. The second-order valence-electron chi connectivity index (χ2n) is 5.39. The standard InChI is InChI=1S/C14H19F2NO3S/c1-8(2)17-5-3-9(4-6-17)20-10-7-11(13(15)16)21-12(10)14(18)19/h7-9,13H,3-6H2,1-2H3,(H,18,19). The molecule has 0 saturated carbocycles. The Morgan fingerprint density at radius 1 is 1.43 bits per heavy atom. The normalized spacial score (nSPS) is 17.6. The number of alkyl halides is 2. The van der Waals surface area contributed by atoms with Gasteiger partial charge < -0.3 is 14.7 Å². The molecule has 21 heavy (non-hydrogen) atoms. The van der Waals surface area contributed by atoms with Crippen LogP contribution in [0.25, 0.3) is 0 Å². The Morgan fingerprint density at radius 3 is 2.52 bits per heavy atom. The third kappa shape index (κ3) is 3.91. The number of ether oxygens (including phenoxy) is 1. The van der Waals surface area contributed by atoms with E-state index in [9.17, 15) is 13.6 Å². The summed E-state index contributed by atoms with van der Waals surface area (Å²) in [6.07, 6.45) is -1.24. The lowest BCUT2D eigenvalue weighted by Gasteiger charge is -2.34. The van der Waals surface area contributed by atoms with Crippen LogP contribution in [0.2, 0.25) is 0 Å². The second-order valence-corrected chi connectivity index (χ2v) is 6.48. The third-order valence-electron chi connectivity index (χ3n) is 3.63. The van der Waals surface area contributed by atoms with E-state index in [2.05, 4.69) is 18.7 Å². The lowest BCUT2D eigenvalue weighted by atomic mass is 10.1. The highest BCUT2D eigenvalue weighted by atomic mass is 32.1. The van der Waals surface area contributed by atoms with Crippen LogP contribution in [0.4, 0.5) is 8.78 Å². The average Bonchev–Trinajstić information content (AvgIpc) is 2.83. The van der Waals surface area contributed by atoms with Crippen LogP contribution in [0, 0.1) is 0 Å². The summed E-state index contributed by atoms with van der Waals surface area (Å²) in [7, 11) is 0. The first-order chi connectivity index (χ1) is 9.88. The number of carbonyl (C=O) groups is 1. The number of hydrogen-bond donors (Lipinski definition) is 1. The molecule has 1 aromatic heterocycles. The van der Waals surface area contributed by atoms with Crippen molar-refractivity contribution in [3.05, 3.63) is 15.8 Å². The van der Waals surface area contributed by atoms with Crippen LogP contribution in [0.15, 0.2) is 6.07 Å². The molecule has 0 spiro atoms. The van der Waals surface area contributed by atoms with Crippen molar-refractivity contribution in [1.82, 2.24) is 4.90 Å². The summed E-state index contributed by atoms with van der Waals surface area (Å²) in [5.74, 6) is -1.15. The molecule has 2 rings (SSSR count). The molecule has 0 amide bonds. The van der Waals surface area contributed by atoms with Gasteiger partial charge in [0.15, 0.2) is 4.88 Å². The Balaban J connectivity index is 2.04. The molecule has 0 radical (unpaired) electrons. The first-order valence-electron chi connectivity index (χ1n) is 6.94. The number of halogens is 2. The van der Waals surface area contributed by atoms with E-state index in [0.717, 1.165) is 32.0 Å². The number of carboxylic acid groups (broad SMARTS) is 1. The largest absolute Gasteiger partial charge is 0.489 e. The molecule has 2 heterocycles. The second kappa shape index (κ2) is 6.70. The molecule has 0 aromatic carbocycles. The number of hydrogen-bond acceptors (Lipinski definition) is 4. The zero-order valence-corrected chi connectivity index (χ0v) is 12.8. The zero-order valence-electron chi connectivity index (χ0n) is 12.0.